The van der Waals surface area contributed by atoms with Crippen LogP contribution in [0, 0.1) is 0 Å². The van der Waals surface area contributed by atoms with E-state index in [0.717, 1.165) is 22.3 Å². The highest BCUT2D eigenvalue weighted by molar-refractivity contribution is 9.10. The monoisotopic (exact) mass is 295 g/mol. The van der Waals surface area contributed by atoms with Gasteiger partial charge in [0.1, 0.15) is 5.82 Å². The Bertz CT molecular complexity index is 498. The average molecular weight is 296 g/mol. The summed E-state index contributed by atoms with van der Waals surface area (Å²) in [5.41, 5.74) is 0.827. The highest BCUT2D eigenvalue weighted by atomic mass is 79.9. The molecule has 5 heteroatoms. The normalized spacial score (nSPS) is 12.6. The Balaban J connectivity index is 1.98. The van der Waals surface area contributed by atoms with Crippen LogP contribution in [0.4, 0.5) is 0 Å². The molecule has 0 aliphatic heterocycles. The van der Waals surface area contributed by atoms with Gasteiger partial charge in [-0.2, -0.15) is 0 Å². The number of pyridine rings is 1. The van der Waals surface area contributed by atoms with Crippen molar-refractivity contribution in [3.63, 3.8) is 0 Å². The Morgan fingerprint density at radius 3 is 2.94 bits per heavy atom. The first-order chi connectivity index (χ1) is 8.16. The summed E-state index contributed by atoms with van der Waals surface area (Å²) in [4.78, 5) is 8.27. The van der Waals surface area contributed by atoms with E-state index in [2.05, 4.69) is 25.9 Å². The molecule has 0 spiro atoms. The number of hydrogen-bond acceptors (Lipinski definition) is 3. The maximum absolute atomic E-state index is 10.0. The molecule has 17 heavy (non-hydrogen) atoms. The zero-order valence-corrected chi connectivity index (χ0v) is 11.1. The number of halogens is 1. The van der Waals surface area contributed by atoms with Gasteiger partial charge in [0, 0.05) is 42.7 Å². The Labute approximate surface area is 108 Å². The lowest BCUT2D eigenvalue weighted by Crippen LogP contribution is -2.04. The van der Waals surface area contributed by atoms with Crippen LogP contribution in [-0.2, 0) is 13.5 Å². The van der Waals surface area contributed by atoms with E-state index in [1.807, 2.05) is 23.9 Å². The quantitative estimate of drug-likeness (QED) is 0.941. The molecule has 2 rings (SSSR count). The third-order valence-electron chi connectivity index (χ3n) is 2.67. The second-order valence-corrected chi connectivity index (χ2v) is 4.86. The molecule has 2 aromatic rings. The molecule has 2 heterocycles. The molecule has 0 bridgehead atoms. The van der Waals surface area contributed by atoms with Gasteiger partial charge in [-0.3, -0.25) is 4.98 Å². The predicted molar refractivity (Wildman–Crippen MR) is 68.4 cm³/mol. The smallest absolute Gasteiger partial charge is 0.108 e. The first kappa shape index (κ1) is 12.3. The van der Waals surface area contributed by atoms with Gasteiger partial charge in [0.2, 0.25) is 0 Å². The van der Waals surface area contributed by atoms with Crippen LogP contribution in [0.25, 0.3) is 0 Å². The molecule has 0 aliphatic carbocycles. The number of rotatable bonds is 4. The molecule has 0 aromatic carbocycles. The molecule has 90 valence electrons. The summed E-state index contributed by atoms with van der Waals surface area (Å²) in [6, 6.07) is 1.89. The lowest BCUT2D eigenvalue weighted by Gasteiger charge is -2.10. The Morgan fingerprint density at radius 1 is 1.47 bits per heavy atom. The van der Waals surface area contributed by atoms with Gasteiger partial charge < -0.3 is 9.67 Å². The largest absolute Gasteiger partial charge is 0.388 e. The molecule has 2 aromatic heterocycles. The molecule has 1 atom stereocenters. The number of hydrogen-bond donors (Lipinski definition) is 1. The minimum Gasteiger partial charge on any atom is -0.388 e. The second-order valence-electron chi connectivity index (χ2n) is 3.95. The molecule has 1 unspecified atom stereocenters. The van der Waals surface area contributed by atoms with Crippen molar-refractivity contribution in [3.8, 4) is 0 Å². The van der Waals surface area contributed by atoms with Gasteiger partial charge in [-0.25, -0.2) is 4.98 Å². The van der Waals surface area contributed by atoms with Crippen LogP contribution in [0.1, 0.15) is 23.9 Å². The van der Waals surface area contributed by atoms with E-state index in [1.54, 1.807) is 18.6 Å². The zero-order valence-electron chi connectivity index (χ0n) is 9.55. The summed E-state index contributed by atoms with van der Waals surface area (Å²) in [6.07, 6.45) is 7.95. The third kappa shape index (κ3) is 3.14. The molecular weight excluding hydrogens is 282 g/mol. The van der Waals surface area contributed by atoms with Crippen molar-refractivity contribution in [2.45, 2.75) is 18.9 Å². The Hall–Kier alpha value is -1.20. The number of aliphatic hydroxyl groups is 1. The van der Waals surface area contributed by atoms with E-state index in [1.165, 1.54) is 0 Å². The number of nitrogens with zero attached hydrogens (tertiary/aromatic N) is 3. The number of aryl methyl sites for hydroxylation is 2. The zero-order chi connectivity index (χ0) is 12.3. The summed E-state index contributed by atoms with van der Waals surface area (Å²) in [7, 11) is 1.95. The minimum absolute atomic E-state index is 0.503. The van der Waals surface area contributed by atoms with Crippen molar-refractivity contribution in [1.82, 2.24) is 14.5 Å². The maximum Gasteiger partial charge on any atom is 0.108 e. The van der Waals surface area contributed by atoms with Gasteiger partial charge in [0.15, 0.2) is 0 Å². The number of aliphatic hydroxyl groups excluding tert-OH is 1. The van der Waals surface area contributed by atoms with Crippen LogP contribution >= 0.6 is 15.9 Å². The molecule has 1 N–H and O–H groups in total. The van der Waals surface area contributed by atoms with Crippen LogP contribution in [0.15, 0.2) is 35.3 Å². The molecule has 0 fully saturated rings. The molecule has 0 saturated heterocycles. The lowest BCUT2D eigenvalue weighted by atomic mass is 10.1. The fourth-order valence-electron chi connectivity index (χ4n) is 1.68. The van der Waals surface area contributed by atoms with Crippen LogP contribution in [-0.4, -0.2) is 19.6 Å². The standard InChI is InChI=1S/C12H14BrN3O/c1-16-5-4-15-12(16)3-2-11(17)9-6-10(13)8-14-7-9/h4-8,11,17H,2-3H2,1H3. The lowest BCUT2D eigenvalue weighted by molar-refractivity contribution is 0.166. The van der Waals surface area contributed by atoms with E-state index in [9.17, 15) is 5.11 Å². The van der Waals surface area contributed by atoms with Gasteiger partial charge >= 0.3 is 0 Å². The van der Waals surface area contributed by atoms with E-state index in [-0.39, 0.29) is 0 Å². The molecule has 4 nitrogen and oxygen atoms in total. The highest BCUT2D eigenvalue weighted by Gasteiger charge is 2.10. The van der Waals surface area contributed by atoms with Gasteiger partial charge in [-0.1, -0.05) is 0 Å². The van der Waals surface area contributed by atoms with Crippen molar-refractivity contribution in [3.05, 3.63) is 46.7 Å². The Kier molecular flexibility index (Phi) is 3.91. The molecule has 0 saturated carbocycles. The minimum atomic E-state index is -0.503. The second kappa shape index (κ2) is 5.42. The van der Waals surface area contributed by atoms with Crippen molar-refractivity contribution >= 4 is 15.9 Å². The molecular formula is C12H14BrN3O. The Morgan fingerprint density at radius 2 is 2.29 bits per heavy atom. The van der Waals surface area contributed by atoms with Crippen molar-refractivity contribution in [2.75, 3.05) is 0 Å². The van der Waals surface area contributed by atoms with Gasteiger partial charge in [0.25, 0.3) is 0 Å². The highest BCUT2D eigenvalue weighted by Crippen LogP contribution is 2.20. The third-order valence-corrected chi connectivity index (χ3v) is 3.11. The van der Waals surface area contributed by atoms with Crippen molar-refractivity contribution in [2.24, 2.45) is 7.05 Å². The topological polar surface area (TPSA) is 50.9 Å². The van der Waals surface area contributed by atoms with Crippen LogP contribution in [0.2, 0.25) is 0 Å². The fraction of sp³-hybridized carbons (Fsp3) is 0.333. The van der Waals surface area contributed by atoms with E-state index in [4.69, 9.17) is 0 Å². The van der Waals surface area contributed by atoms with E-state index in [0.29, 0.717) is 6.42 Å². The summed E-state index contributed by atoms with van der Waals surface area (Å²) in [5.74, 6) is 0.979. The van der Waals surface area contributed by atoms with Crippen LogP contribution < -0.4 is 0 Å². The fourth-order valence-corrected chi connectivity index (χ4v) is 2.06. The molecule has 0 aliphatic rings. The SMILES string of the molecule is Cn1ccnc1CCC(O)c1cncc(Br)c1. The number of imidazole rings is 1. The van der Waals surface area contributed by atoms with E-state index < -0.39 is 6.10 Å². The maximum atomic E-state index is 10.0. The van der Waals surface area contributed by atoms with Gasteiger partial charge in [-0.05, 0) is 34.0 Å². The summed E-state index contributed by atoms with van der Waals surface area (Å²) in [6.45, 7) is 0. The average Bonchev–Trinajstić information content (AvgIpc) is 2.72. The summed E-state index contributed by atoms with van der Waals surface area (Å²) in [5, 5.41) is 10.0. The summed E-state index contributed by atoms with van der Waals surface area (Å²) < 4.78 is 2.84. The van der Waals surface area contributed by atoms with Gasteiger partial charge in [0.05, 0.1) is 6.10 Å². The molecule has 0 radical (unpaired) electrons. The van der Waals surface area contributed by atoms with E-state index >= 15 is 0 Å². The predicted octanol–water partition coefficient (Wildman–Crippen LogP) is 2.24. The first-order valence-corrected chi connectivity index (χ1v) is 6.21. The van der Waals surface area contributed by atoms with Gasteiger partial charge in [-0.15, -0.1) is 0 Å². The number of aromatic nitrogens is 3. The summed E-state index contributed by atoms with van der Waals surface area (Å²) >= 11 is 3.34. The first-order valence-electron chi connectivity index (χ1n) is 5.41. The molecule has 0 amide bonds. The van der Waals surface area contributed by atoms with Crippen molar-refractivity contribution in [1.29, 1.82) is 0 Å². The van der Waals surface area contributed by atoms with Crippen LogP contribution in [0.5, 0.6) is 0 Å². The van der Waals surface area contributed by atoms with Crippen molar-refractivity contribution < 1.29 is 5.11 Å². The van der Waals surface area contributed by atoms with Crippen LogP contribution in [0.3, 0.4) is 0 Å².